The van der Waals surface area contributed by atoms with Crippen molar-refractivity contribution in [2.45, 2.75) is 78.1 Å². The van der Waals surface area contributed by atoms with E-state index in [1.165, 1.54) is 44.9 Å². The molecule has 3 nitrogen and oxygen atoms in total. The zero-order valence-electron chi connectivity index (χ0n) is 21.9. The molecule has 0 spiro atoms. The number of unbranched alkanes of at least 4 members (excludes halogenated alkanes) is 1. The molecular weight excluding hydrogens is 426 g/mol. The Hall–Kier alpha value is -2.68. The van der Waals surface area contributed by atoms with E-state index < -0.39 is 0 Å². The summed E-state index contributed by atoms with van der Waals surface area (Å²) in [5.41, 5.74) is 16.5. The summed E-state index contributed by atoms with van der Waals surface area (Å²) in [4.78, 5) is 0. The van der Waals surface area contributed by atoms with Crippen LogP contribution in [0, 0.1) is 11.8 Å². The molecule has 188 valence electrons. The van der Waals surface area contributed by atoms with Crippen molar-refractivity contribution in [1.82, 2.24) is 10.6 Å². The standard InChI is InChI=1S/C32H45N3/c1-3-4-12-30-24(2)25(9-5-6-13-32(33)29-11-8-21-35-23-29)18-19-31(30)27-16-14-26(15-17-27)28-10-7-20-34-22-28/h4,7-8,11-14,20,23,27-28,34-35H,3,5-6,9-10,15-19,21-22,33H2,1-2H3/b12-4-,32-13-. The van der Waals surface area contributed by atoms with Crippen molar-refractivity contribution in [2.24, 2.45) is 17.6 Å². The van der Waals surface area contributed by atoms with Gasteiger partial charge in [-0.05, 0) is 94.4 Å². The summed E-state index contributed by atoms with van der Waals surface area (Å²) in [7, 11) is 0. The molecule has 0 aromatic rings. The fourth-order valence-corrected chi connectivity index (χ4v) is 6.02. The smallest absolute Gasteiger partial charge is 0.0361 e. The monoisotopic (exact) mass is 471 g/mol. The number of dihydropyridines is 1. The maximum atomic E-state index is 6.29. The van der Waals surface area contributed by atoms with E-state index in [0.717, 1.165) is 43.6 Å². The Labute approximate surface area is 213 Å². The van der Waals surface area contributed by atoms with E-state index >= 15 is 0 Å². The molecule has 2 heterocycles. The molecule has 4 rings (SSSR count). The first-order valence-corrected chi connectivity index (χ1v) is 13.9. The van der Waals surface area contributed by atoms with Crippen molar-refractivity contribution in [1.29, 1.82) is 0 Å². The molecule has 2 unspecified atom stereocenters. The lowest BCUT2D eigenvalue weighted by Gasteiger charge is -2.33. The van der Waals surface area contributed by atoms with Crippen LogP contribution in [0.15, 0.2) is 94.1 Å². The van der Waals surface area contributed by atoms with E-state index in [-0.39, 0.29) is 0 Å². The van der Waals surface area contributed by atoms with Crippen molar-refractivity contribution < 1.29 is 0 Å². The van der Waals surface area contributed by atoms with Crippen LogP contribution in [0.2, 0.25) is 0 Å². The van der Waals surface area contributed by atoms with Gasteiger partial charge in [-0.1, -0.05) is 66.2 Å². The van der Waals surface area contributed by atoms with E-state index in [1.807, 2.05) is 6.20 Å². The Balaban J connectivity index is 1.41. The predicted molar refractivity (Wildman–Crippen MR) is 150 cm³/mol. The van der Waals surface area contributed by atoms with Crippen LogP contribution in [0.4, 0.5) is 0 Å². The Bertz CT molecular complexity index is 996. The quantitative estimate of drug-likeness (QED) is 0.245. The van der Waals surface area contributed by atoms with Gasteiger partial charge in [-0.3, -0.25) is 0 Å². The first kappa shape index (κ1) is 25.4. The third-order valence-corrected chi connectivity index (χ3v) is 8.15. The number of hydrogen-bond acceptors (Lipinski definition) is 3. The first-order chi connectivity index (χ1) is 17.2. The summed E-state index contributed by atoms with van der Waals surface area (Å²) < 4.78 is 0. The fourth-order valence-electron chi connectivity index (χ4n) is 6.02. The molecule has 2 aliphatic heterocycles. The third-order valence-electron chi connectivity index (χ3n) is 8.15. The molecule has 2 aliphatic carbocycles. The highest BCUT2D eigenvalue weighted by atomic mass is 14.8. The maximum Gasteiger partial charge on any atom is 0.0361 e. The molecule has 0 bridgehead atoms. The number of nitrogens with two attached hydrogens (primary N) is 1. The molecule has 35 heavy (non-hydrogen) atoms. The van der Waals surface area contributed by atoms with Crippen LogP contribution in [-0.4, -0.2) is 13.1 Å². The first-order valence-electron chi connectivity index (χ1n) is 13.9. The van der Waals surface area contributed by atoms with E-state index in [4.69, 9.17) is 5.73 Å². The normalized spacial score (nSPS) is 25.5. The Morgan fingerprint density at radius 1 is 1.11 bits per heavy atom. The minimum atomic E-state index is 0.707. The lowest BCUT2D eigenvalue weighted by Crippen LogP contribution is -2.25. The fraction of sp³-hybridized carbons (Fsp3) is 0.500. The van der Waals surface area contributed by atoms with Crippen LogP contribution in [0.1, 0.15) is 78.1 Å². The highest BCUT2D eigenvalue weighted by molar-refractivity contribution is 5.49. The van der Waals surface area contributed by atoms with Crippen LogP contribution in [0.5, 0.6) is 0 Å². The SMILES string of the molecule is CC/C=C\C1=C(C2CC=C(C3CC=CNC3)CC2)CCC(CCC/C=C(\N)C2=CNCC=C2)=C1C. The lowest BCUT2D eigenvalue weighted by atomic mass is 9.73. The van der Waals surface area contributed by atoms with Crippen LogP contribution in [0.3, 0.4) is 0 Å². The zero-order chi connectivity index (χ0) is 24.5. The molecule has 0 fully saturated rings. The molecule has 2 atom stereocenters. The summed E-state index contributed by atoms with van der Waals surface area (Å²) in [5, 5.41) is 6.66. The predicted octanol–water partition coefficient (Wildman–Crippen LogP) is 7.27. The third kappa shape index (κ3) is 6.72. The molecule has 0 radical (unpaired) electrons. The van der Waals surface area contributed by atoms with Crippen molar-refractivity contribution in [2.75, 3.05) is 13.1 Å². The summed E-state index contributed by atoms with van der Waals surface area (Å²) in [6.45, 7) is 6.62. The van der Waals surface area contributed by atoms with E-state index in [9.17, 15) is 0 Å². The molecular formula is C32H45N3. The van der Waals surface area contributed by atoms with Gasteiger partial charge in [-0.15, -0.1) is 0 Å². The molecule has 0 amide bonds. The van der Waals surface area contributed by atoms with Gasteiger partial charge in [-0.2, -0.15) is 0 Å². The molecule has 0 aromatic heterocycles. The summed E-state index contributed by atoms with van der Waals surface area (Å²) in [5.74, 6) is 1.42. The zero-order valence-corrected chi connectivity index (χ0v) is 21.9. The highest BCUT2D eigenvalue weighted by Crippen LogP contribution is 2.42. The Morgan fingerprint density at radius 3 is 2.74 bits per heavy atom. The van der Waals surface area contributed by atoms with Crippen molar-refractivity contribution >= 4 is 0 Å². The Morgan fingerprint density at radius 2 is 2.03 bits per heavy atom. The maximum absolute atomic E-state index is 6.29. The van der Waals surface area contributed by atoms with Gasteiger partial charge in [0, 0.05) is 36.5 Å². The number of nitrogens with one attached hydrogen (secondary N) is 2. The van der Waals surface area contributed by atoms with Crippen molar-refractivity contribution in [3.63, 3.8) is 0 Å². The van der Waals surface area contributed by atoms with E-state index in [2.05, 4.69) is 73.2 Å². The molecule has 3 heteroatoms. The second-order valence-corrected chi connectivity index (χ2v) is 10.4. The minimum Gasteiger partial charge on any atom is -0.398 e. The van der Waals surface area contributed by atoms with Gasteiger partial charge >= 0.3 is 0 Å². The van der Waals surface area contributed by atoms with Crippen LogP contribution in [-0.2, 0) is 0 Å². The van der Waals surface area contributed by atoms with Gasteiger partial charge in [-0.25, -0.2) is 0 Å². The summed E-state index contributed by atoms with van der Waals surface area (Å²) >= 11 is 0. The van der Waals surface area contributed by atoms with Crippen molar-refractivity contribution in [3.05, 3.63) is 94.1 Å². The average molecular weight is 472 g/mol. The second-order valence-electron chi connectivity index (χ2n) is 10.4. The molecule has 0 aromatic carbocycles. The molecule has 4 N–H and O–H groups in total. The van der Waals surface area contributed by atoms with Crippen molar-refractivity contribution in [3.8, 4) is 0 Å². The molecule has 0 saturated carbocycles. The van der Waals surface area contributed by atoms with E-state index in [0.29, 0.717) is 11.8 Å². The lowest BCUT2D eigenvalue weighted by molar-refractivity contribution is 0.462. The average Bonchev–Trinajstić information content (AvgIpc) is 2.92. The molecule has 0 saturated heterocycles. The second kappa shape index (κ2) is 12.9. The number of rotatable bonds is 9. The van der Waals surface area contributed by atoms with E-state index in [1.54, 1.807) is 27.9 Å². The topological polar surface area (TPSA) is 50.1 Å². The van der Waals surface area contributed by atoms with Gasteiger partial charge in [0.1, 0.15) is 0 Å². The van der Waals surface area contributed by atoms with Gasteiger partial charge < -0.3 is 16.4 Å². The van der Waals surface area contributed by atoms with Gasteiger partial charge in [0.15, 0.2) is 0 Å². The highest BCUT2D eigenvalue weighted by Gasteiger charge is 2.27. The summed E-state index contributed by atoms with van der Waals surface area (Å²) in [6.07, 6.45) is 32.2. The van der Waals surface area contributed by atoms with Crippen LogP contribution in [0.25, 0.3) is 0 Å². The number of allylic oxidation sites excluding steroid dienone is 10. The molecule has 4 aliphatic rings. The Kier molecular flexibility index (Phi) is 9.34. The van der Waals surface area contributed by atoms with Gasteiger partial charge in [0.2, 0.25) is 0 Å². The summed E-state index contributed by atoms with van der Waals surface area (Å²) in [6, 6.07) is 0. The largest absolute Gasteiger partial charge is 0.398 e. The van der Waals surface area contributed by atoms with Crippen LogP contribution >= 0.6 is 0 Å². The minimum absolute atomic E-state index is 0.707. The van der Waals surface area contributed by atoms with Gasteiger partial charge in [0.05, 0.1) is 0 Å². The van der Waals surface area contributed by atoms with Crippen LogP contribution < -0.4 is 16.4 Å². The van der Waals surface area contributed by atoms with Gasteiger partial charge in [0.25, 0.3) is 0 Å². The number of hydrogen-bond donors (Lipinski definition) is 3.